The van der Waals surface area contributed by atoms with Crippen molar-refractivity contribution in [3.8, 4) is 11.5 Å². The molecule has 0 heterocycles. The number of hydrogen-bond acceptors (Lipinski definition) is 8. The molecule has 252 valence electrons. The molecule has 0 saturated carbocycles. The summed E-state index contributed by atoms with van der Waals surface area (Å²) in [5.74, 6) is 0.363. The summed E-state index contributed by atoms with van der Waals surface area (Å²) in [6.07, 6.45) is 0. The zero-order chi connectivity index (χ0) is 35.1. The fourth-order valence-electron chi connectivity index (χ4n) is 6.24. The summed E-state index contributed by atoms with van der Waals surface area (Å²) in [6, 6.07) is 29.6. The van der Waals surface area contributed by atoms with Crippen LogP contribution in [0.3, 0.4) is 0 Å². The molecule has 0 spiro atoms. The molecule has 3 N–H and O–H groups in total. The zero-order valence-electron chi connectivity index (χ0n) is 28.2. The van der Waals surface area contributed by atoms with Crippen molar-refractivity contribution in [2.75, 3.05) is 27.4 Å². The van der Waals surface area contributed by atoms with E-state index < -0.39 is 18.1 Å². The van der Waals surface area contributed by atoms with E-state index in [2.05, 4.69) is 5.32 Å². The van der Waals surface area contributed by atoms with Crippen molar-refractivity contribution in [3.05, 3.63) is 142 Å². The van der Waals surface area contributed by atoms with Crippen LogP contribution in [0.15, 0.2) is 108 Å². The van der Waals surface area contributed by atoms with E-state index >= 15 is 0 Å². The second-order valence-corrected chi connectivity index (χ2v) is 11.3. The molecule has 0 bridgehead atoms. The van der Waals surface area contributed by atoms with Gasteiger partial charge in [-0.1, -0.05) is 72.8 Å². The summed E-state index contributed by atoms with van der Waals surface area (Å²) < 4.78 is 21.1. The van der Waals surface area contributed by atoms with Gasteiger partial charge in [-0.15, -0.1) is 0 Å². The lowest BCUT2D eigenvalue weighted by Gasteiger charge is -2.17. The summed E-state index contributed by atoms with van der Waals surface area (Å²) in [5, 5.41) is 2.89. The molecule has 2 aliphatic rings. The van der Waals surface area contributed by atoms with E-state index in [-0.39, 0.29) is 18.5 Å². The molecule has 9 heteroatoms. The molecular weight excluding hydrogens is 620 g/mol. The van der Waals surface area contributed by atoms with Gasteiger partial charge in [0.1, 0.15) is 11.5 Å². The fraction of sp³-hybridized carbons (Fsp3) is 0.225. The SMILES string of the molecule is CCOC(=O)C1=C(c2ccccc2)c2ccc(OC)cc2C1N.CCOC(=O)C1=C(c2ccccc2)c2ccc(OC)cc2C1NC(C)=O. The monoisotopic (exact) mass is 660 g/mol. The van der Waals surface area contributed by atoms with Crippen LogP contribution >= 0.6 is 0 Å². The largest absolute Gasteiger partial charge is 0.497 e. The molecule has 9 nitrogen and oxygen atoms in total. The van der Waals surface area contributed by atoms with E-state index in [1.807, 2.05) is 97.1 Å². The molecule has 2 unspecified atom stereocenters. The Kier molecular flexibility index (Phi) is 11.0. The van der Waals surface area contributed by atoms with Crippen molar-refractivity contribution in [2.24, 2.45) is 5.73 Å². The minimum absolute atomic E-state index is 0.222. The Hall–Kier alpha value is -5.67. The molecule has 6 rings (SSSR count). The quantitative estimate of drug-likeness (QED) is 0.200. The molecule has 2 aliphatic carbocycles. The van der Waals surface area contributed by atoms with E-state index in [1.165, 1.54) is 6.92 Å². The van der Waals surface area contributed by atoms with Crippen LogP contribution in [-0.4, -0.2) is 45.3 Å². The number of amides is 1. The third-order valence-electron chi connectivity index (χ3n) is 8.30. The van der Waals surface area contributed by atoms with Crippen LogP contribution in [0.25, 0.3) is 11.1 Å². The number of rotatable bonds is 9. The molecule has 2 atom stereocenters. The number of carbonyl (C=O) groups excluding carboxylic acids is 3. The summed E-state index contributed by atoms with van der Waals surface area (Å²) >= 11 is 0. The van der Waals surface area contributed by atoms with Gasteiger partial charge in [-0.05, 0) is 71.5 Å². The van der Waals surface area contributed by atoms with Gasteiger partial charge < -0.3 is 30.0 Å². The van der Waals surface area contributed by atoms with Gasteiger partial charge in [0.15, 0.2) is 0 Å². The summed E-state index contributed by atoms with van der Waals surface area (Å²) in [7, 11) is 3.20. The highest BCUT2D eigenvalue weighted by Gasteiger charge is 2.38. The topological polar surface area (TPSA) is 126 Å². The first-order valence-corrected chi connectivity index (χ1v) is 16.1. The molecule has 4 aromatic carbocycles. The van der Waals surface area contributed by atoms with Gasteiger partial charge in [0.25, 0.3) is 0 Å². The maximum atomic E-state index is 12.8. The van der Waals surface area contributed by atoms with E-state index in [0.717, 1.165) is 50.3 Å². The lowest BCUT2D eigenvalue weighted by molar-refractivity contribution is -0.139. The highest BCUT2D eigenvalue weighted by Crippen LogP contribution is 2.46. The van der Waals surface area contributed by atoms with Gasteiger partial charge in [0, 0.05) is 18.1 Å². The molecule has 0 aliphatic heterocycles. The van der Waals surface area contributed by atoms with E-state index in [9.17, 15) is 14.4 Å². The normalized spacial score (nSPS) is 15.8. The Morgan fingerprint density at radius 3 is 1.57 bits per heavy atom. The second kappa shape index (κ2) is 15.5. The van der Waals surface area contributed by atoms with Crippen LogP contribution in [0.1, 0.15) is 66.2 Å². The number of methoxy groups -OCH3 is 2. The van der Waals surface area contributed by atoms with Gasteiger partial charge in [-0.2, -0.15) is 0 Å². The van der Waals surface area contributed by atoms with Crippen molar-refractivity contribution < 1.29 is 33.3 Å². The summed E-state index contributed by atoms with van der Waals surface area (Å²) in [5.41, 5.74) is 14.3. The molecule has 49 heavy (non-hydrogen) atoms. The Bertz CT molecular complexity index is 1920. The van der Waals surface area contributed by atoms with Crippen LogP contribution in [0.5, 0.6) is 11.5 Å². The smallest absolute Gasteiger partial charge is 0.337 e. The Morgan fingerprint density at radius 1 is 0.653 bits per heavy atom. The van der Waals surface area contributed by atoms with Crippen molar-refractivity contribution in [2.45, 2.75) is 32.9 Å². The molecule has 1 amide bonds. The fourth-order valence-corrected chi connectivity index (χ4v) is 6.24. The zero-order valence-corrected chi connectivity index (χ0v) is 28.2. The molecule has 0 fully saturated rings. The number of benzene rings is 4. The molecule has 0 aromatic heterocycles. The summed E-state index contributed by atoms with van der Waals surface area (Å²) in [4.78, 5) is 37.1. The first-order chi connectivity index (χ1) is 23.7. The average Bonchev–Trinajstić information content (AvgIpc) is 3.60. The second-order valence-electron chi connectivity index (χ2n) is 11.3. The lowest BCUT2D eigenvalue weighted by atomic mass is 9.97. The van der Waals surface area contributed by atoms with Crippen LogP contribution < -0.4 is 20.5 Å². The van der Waals surface area contributed by atoms with Crippen molar-refractivity contribution in [3.63, 3.8) is 0 Å². The molecular formula is C40H40N2O7. The van der Waals surface area contributed by atoms with Gasteiger partial charge in [0.05, 0.1) is 50.7 Å². The summed E-state index contributed by atoms with van der Waals surface area (Å²) in [6.45, 7) is 5.56. The predicted octanol–water partition coefficient (Wildman–Crippen LogP) is 6.32. The first-order valence-electron chi connectivity index (χ1n) is 16.1. The van der Waals surface area contributed by atoms with Gasteiger partial charge in [-0.3, -0.25) is 4.79 Å². The predicted molar refractivity (Wildman–Crippen MR) is 188 cm³/mol. The van der Waals surface area contributed by atoms with Gasteiger partial charge in [0.2, 0.25) is 5.91 Å². The number of esters is 2. The van der Waals surface area contributed by atoms with Crippen LogP contribution in [0.4, 0.5) is 0 Å². The van der Waals surface area contributed by atoms with Crippen LogP contribution in [-0.2, 0) is 23.9 Å². The third kappa shape index (κ3) is 7.12. The van der Waals surface area contributed by atoms with Crippen LogP contribution in [0, 0.1) is 0 Å². The Morgan fingerprint density at radius 2 is 1.10 bits per heavy atom. The van der Waals surface area contributed by atoms with E-state index in [1.54, 1.807) is 28.1 Å². The maximum Gasteiger partial charge on any atom is 0.337 e. The highest BCUT2D eigenvalue weighted by atomic mass is 16.5. The molecule has 0 radical (unpaired) electrons. The van der Waals surface area contributed by atoms with Crippen molar-refractivity contribution in [1.82, 2.24) is 5.32 Å². The number of fused-ring (bicyclic) bond motifs is 2. The highest BCUT2D eigenvalue weighted by molar-refractivity contribution is 6.08. The standard InChI is InChI=1S/C21H21NO4.C19H19NO3/c1-4-26-21(24)19-18(14-8-6-5-7-9-14)16-11-10-15(25-3)12-17(16)20(19)22-13(2)23;1-3-23-19(21)17-16(12-7-5-4-6-8-12)14-10-9-13(22-2)11-15(14)18(17)20/h5-12,20H,4H2,1-3H3,(H,22,23);4-11,18H,3,20H2,1-2H3. The van der Waals surface area contributed by atoms with Gasteiger partial charge in [-0.25, -0.2) is 9.59 Å². The third-order valence-corrected chi connectivity index (χ3v) is 8.30. The Labute approximate surface area is 286 Å². The van der Waals surface area contributed by atoms with E-state index in [0.29, 0.717) is 23.5 Å². The number of carbonyl (C=O) groups is 3. The van der Waals surface area contributed by atoms with Gasteiger partial charge >= 0.3 is 11.9 Å². The number of ether oxygens (including phenoxy) is 4. The minimum atomic E-state index is -0.577. The first kappa shape index (κ1) is 34.7. The lowest BCUT2D eigenvalue weighted by Crippen LogP contribution is -2.29. The number of nitrogens with one attached hydrogen (secondary N) is 1. The van der Waals surface area contributed by atoms with Crippen LogP contribution in [0.2, 0.25) is 0 Å². The molecule has 0 saturated heterocycles. The maximum absolute atomic E-state index is 12.8. The number of nitrogens with two attached hydrogens (primary N) is 1. The average molecular weight is 661 g/mol. The number of hydrogen-bond donors (Lipinski definition) is 2. The van der Waals surface area contributed by atoms with Crippen molar-refractivity contribution in [1.29, 1.82) is 0 Å². The van der Waals surface area contributed by atoms with Crippen molar-refractivity contribution >= 4 is 29.0 Å². The minimum Gasteiger partial charge on any atom is -0.497 e. The van der Waals surface area contributed by atoms with E-state index in [4.69, 9.17) is 24.7 Å². The Balaban J connectivity index is 0.000000192. The molecule has 4 aromatic rings.